The van der Waals surface area contributed by atoms with E-state index >= 15 is 0 Å². The molecule has 1 rings (SSSR count). The number of aliphatic hydroxyl groups is 1. The van der Waals surface area contributed by atoms with Crippen molar-refractivity contribution < 1.29 is 13.5 Å². The minimum Gasteiger partial charge on any atom is -0.395 e. The summed E-state index contributed by atoms with van der Waals surface area (Å²) in [5, 5.41) is 12.6. The molecule has 0 aromatic heterocycles. The highest BCUT2D eigenvalue weighted by molar-refractivity contribution is 7.91. The molecule has 0 aliphatic carbocycles. The van der Waals surface area contributed by atoms with Gasteiger partial charge in [-0.2, -0.15) is 0 Å². The molecule has 0 saturated heterocycles. The molecule has 1 aromatic carbocycles. The molecular formula is C14H23NO3S. The average Bonchev–Trinajstić information content (AvgIpc) is 2.38. The second-order valence-corrected chi connectivity index (χ2v) is 7.23. The Hall–Kier alpha value is -0.910. The maximum Gasteiger partial charge on any atom is 0.151 e. The Morgan fingerprint density at radius 2 is 1.89 bits per heavy atom. The first-order valence-electron chi connectivity index (χ1n) is 6.58. The zero-order valence-corrected chi connectivity index (χ0v) is 12.4. The summed E-state index contributed by atoms with van der Waals surface area (Å²) in [5.74, 6) is 0.260. The minimum absolute atomic E-state index is 0.00852. The Labute approximate surface area is 115 Å². The number of hydrogen-bond donors (Lipinski definition) is 2. The fourth-order valence-electron chi connectivity index (χ4n) is 2.02. The van der Waals surface area contributed by atoms with E-state index in [0.717, 1.165) is 5.56 Å². The van der Waals surface area contributed by atoms with Crippen LogP contribution >= 0.6 is 0 Å². The molecule has 2 unspecified atom stereocenters. The van der Waals surface area contributed by atoms with Gasteiger partial charge in [-0.1, -0.05) is 37.3 Å². The normalized spacial score (nSPS) is 15.1. The largest absolute Gasteiger partial charge is 0.395 e. The number of hydrogen-bond acceptors (Lipinski definition) is 4. The summed E-state index contributed by atoms with van der Waals surface area (Å²) in [4.78, 5) is 0. The molecule has 0 bridgehead atoms. The monoisotopic (exact) mass is 285 g/mol. The van der Waals surface area contributed by atoms with Gasteiger partial charge in [-0.05, 0) is 18.9 Å². The Morgan fingerprint density at radius 1 is 1.26 bits per heavy atom. The molecule has 0 spiro atoms. The third-order valence-electron chi connectivity index (χ3n) is 3.01. The van der Waals surface area contributed by atoms with Crippen molar-refractivity contribution in [3.8, 4) is 0 Å². The van der Waals surface area contributed by atoms with E-state index in [9.17, 15) is 13.5 Å². The zero-order valence-electron chi connectivity index (χ0n) is 11.5. The highest BCUT2D eigenvalue weighted by Crippen LogP contribution is 2.04. The van der Waals surface area contributed by atoms with Crippen LogP contribution in [0, 0.1) is 0 Å². The standard InChI is InChI=1S/C14H23NO3S/c1-3-19(17,18)11-12(2)15-14(10-16)9-13-7-5-4-6-8-13/h4-8,12,14-16H,3,9-11H2,1-2H3. The van der Waals surface area contributed by atoms with Crippen LogP contribution in [0.2, 0.25) is 0 Å². The number of rotatable bonds is 8. The zero-order chi connectivity index (χ0) is 14.3. The van der Waals surface area contributed by atoms with Crippen molar-refractivity contribution >= 4 is 9.84 Å². The number of nitrogens with one attached hydrogen (secondary N) is 1. The van der Waals surface area contributed by atoms with Gasteiger partial charge in [-0.25, -0.2) is 8.42 Å². The van der Waals surface area contributed by atoms with Crippen molar-refractivity contribution in [2.75, 3.05) is 18.1 Å². The fourth-order valence-corrected chi connectivity index (χ4v) is 3.12. The van der Waals surface area contributed by atoms with Crippen molar-refractivity contribution in [1.82, 2.24) is 5.32 Å². The second-order valence-electron chi connectivity index (χ2n) is 4.84. The van der Waals surface area contributed by atoms with Gasteiger partial charge in [0.25, 0.3) is 0 Å². The fraction of sp³-hybridized carbons (Fsp3) is 0.571. The first kappa shape index (κ1) is 16.1. The minimum atomic E-state index is -2.99. The molecule has 4 nitrogen and oxygen atoms in total. The highest BCUT2D eigenvalue weighted by atomic mass is 32.2. The van der Waals surface area contributed by atoms with Gasteiger partial charge < -0.3 is 10.4 Å². The molecular weight excluding hydrogens is 262 g/mol. The quantitative estimate of drug-likeness (QED) is 0.748. The first-order valence-corrected chi connectivity index (χ1v) is 8.40. The van der Waals surface area contributed by atoms with Gasteiger partial charge in [-0.3, -0.25) is 0 Å². The molecule has 0 aliphatic rings. The molecule has 0 amide bonds. The van der Waals surface area contributed by atoms with Gasteiger partial charge in [0.2, 0.25) is 0 Å². The van der Waals surface area contributed by atoms with E-state index in [1.807, 2.05) is 37.3 Å². The summed E-state index contributed by atoms with van der Waals surface area (Å²) in [5.41, 5.74) is 1.12. The first-order chi connectivity index (χ1) is 8.96. The van der Waals surface area contributed by atoms with Crippen molar-refractivity contribution in [2.45, 2.75) is 32.4 Å². The van der Waals surface area contributed by atoms with Crippen LogP contribution in [0.5, 0.6) is 0 Å². The molecule has 0 saturated carbocycles. The molecule has 1 aromatic rings. The Morgan fingerprint density at radius 3 is 2.42 bits per heavy atom. The van der Waals surface area contributed by atoms with E-state index in [4.69, 9.17) is 0 Å². The summed E-state index contributed by atoms with van der Waals surface area (Å²) in [7, 11) is -2.99. The van der Waals surface area contributed by atoms with Crippen LogP contribution in [0.4, 0.5) is 0 Å². The van der Waals surface area contributed by atoms with E-state index in [1.54, 1.807) is 6.92 Å². The van der Waals surface area contributed by atoms with Gasteiger partial charge in [0, 0.05) is 17.8 Å². The molecule has 19 heavy (non-hydrogen) atoms. The van der Waals surface area contributed by atoms with E-state index in [1.165, 1.54) is 0 Å². The summed E-state index contributed by atoms with van der Waals surface area (Å²) in [6.45, 7) is 3.47. The van der Waals surface area contributed by atoms with Gasteiger partial charge in [0.15, 0.2) is 9.84 Å². The SMILES string of the molecule is CCS(=O)(=O)CC(C)NC(CO)Cc1ccccc1. The van der Waals surface area contributed by atoms with Crippen LogP contribution in [0.1, 0.15) is 19.4 Å². The maximum absolute atomic E-state index is 11.5. The summed E-state index contributed by atoms with van der Waals surface area (Å²) < 4.78 is 23.1. The third-order valence-corrected chi connectivity index (χ3v) is 4.90. The Balaban J connectivity index is 2.53. The second kappa shape index (κ2) is 7.62. The van der Waals surface area contributed by atoms with E-state index in [-0.39, 0.29) is 30.2 Å². The Kier molecular flexibility index (Phi) is 6.48. The van der Waals surface area contributed by atoms with E-state index < -0.39 is 9.84 Å². The molecule has 0 radical (unpaired) electrons. The van der Waals surface area contributed by atoms with Gasteiger partial charge >= 0.3 is 0 Å². The van der Waals surface area contributed by atoms with Gasteiger partial charge in [0.1, 0.15) is 0 Å². The van der Waals surface area contributed by atoms with Crippen LogP contribution in [0.15, 0.2) is 30.3 Å². The van der Waals surface area contributed by atoms with E-state index in [0.29, 0.717) is 6.42 Å². The van der Waals surface area contributed by atoms with Crippen LogP contribution in [0.3, 0.4) is 0 Å². The van der Waals surface area contributed by atoms with Crippen LogP contribution in [-0.4, -0.2) is 43.7 Å². The van der Waals surface area contributed by atoms with Crippen molar-refractivity contribution in [2.24, 2.45) is 0 Å². The predicted octanol–water partition coefficient (Wildman–Crippen LogP) is 1.00. The number of sulfone groups is 1. The summed E-state index contributed by atoms with van der Waals surface area (Å²) in [6, 6.07) is 9.57. The lowest BCUT2D eigenvalue weighted by Gasteiger charge is -2.21. The maximum atomic E-state index is 11.5. The van der Waals surface area contributed by atoms with E-state index in [2.05, 4.69) is 5.32 Å². The van der Waals surface area contributed by atoms with Crippen molar-refractivity contribution in [1.29, 1.82) is 0 Å². The average molecular weight is 285 g/mol. The summed E-state index contributed by atoms with van der Waals surface area (Å²) in [6.07, 6.45) is 0.688. The van der Waals surface area contributed by atoms with Crippen LogP contribution in [0.25, 0.3) is 0 Å². The van der Waals surface area contributed by atoms with Crippen LogP contribution < -0.4 is 5.32 Å². The molecule has 5 heteroatoms. The molecule has 0 aliphatic heterocycles. The molecule has 0 heterocycles. The topological polar surface area (TPSA) is 66.4 Å². The molecule has 0 fully saturated rings. The smallest absolute Gasteiger partial charge is 0.151 e. The lowest BCUT2D eigenvalue weighted by molar-refractivity contribution is 0.234. The molecule has 2 N–H and O–H groups in total. The number of benzene rings is 1. The Bertz CT molecular complexity index is 459. The predicted molar refractivity (Wildman–Crippen MR) is 77.9 cm³/mol. The molecule has 108 valence electrons. The third kappa shape index (κ3) is 6.18. The number of aliphatic hydroxyl groups excluding tert-OH is 1. The van der Waals surface area contributed by atoms with Gasteiger partial charge in [-0.15, -0.1) is 0 Å². The highest BCUT2D eigenvalue weighted by Gasteiger charge is 2.17. The summed E-state index contributed by atoms with van der Waals surface area (Å²) >= 11 is 0. The van der Waals surface area contributed by atoms with Crippen molar-refractivity contribution in [3.63, 3.8) is 0 Å². The lowest BCUT2D eigenvalue weighted by atomic mass is 10.1. The van der Waals surface area contributed by atoms with Crippen molar-refractivity contribution in [3.05, 3.63) is 35.9 Å². The van der Waals surface area contributed by atoms with Crippen LogP contribution in [-0.2, 0) is 16.3 Å². The molecule has 2 atom stereocenters. The van der Waals surface area contributed by atoms with Gasteiger partial charge in [0.05, 0.1) is 12.4 Å². The lowest BCUT2D eigenvalue weighted by Crippen LogP contribution is -2.43.